The molecule has 1 fully saturated rings. The molecular formula is C14H19N3O2. The molecule has 1 aliphatic rings. The highest BCUT2D eigenvalue weighted by Gasteiger charge is 2.36. The number of nitrogens with two attached hydrogens (primary N) is 1. The number of hydrogen-bond donors (Lipinski definition) is 2. The van der Waals surface area contributed by atoms with E-state index in [1.807, 2.05) is 42.2 Å². The Hall–Kier alpha value is -1.72. The lowest BCUT2D eigenvalue weighted by molar-refractivity contribution is -0.141. The van der Waals surface area contributed by atoms with Crippen molar-refractivity contribution >= 4 is 11.8 Å². The van der Waals surface area contributed by atoms with Crippen LogP contribution in [-0.2, 0) is 9.59 Å². The number of imide groups is 1. The van der Waals surface area contributed by atoms with E-state index in [1.165, 1.54) is 0 Å². The third-order valence-corrected chi connectivity index (χ3v) is 3.46. The van der Waals surface area contributed by atoms with Crippen molar-refractivity contribution in [3.8, 4) is 0 Å². The largest absolute Gasteiger partial charge is 0.326 e. The molecule has 3 atom stereocenters. The first kappa shape index (κ1) is 13.7. The number of carbonyl (C=O) groups is 2. The van der Waals surface area contributed by atoms with E-state index in [4.69, 9.17) is 5.73 Å². The smallest absolute Gasteiger partial charge is 0.243 e. The minimum absolute atomic E-state index is 0.147. The van der Waals surface area contributed by atoms with Gasteiger partial charge in [0.15, 0.2) is 0 Å². The van der Waals surface area contributed by atoms with Crippen LogP contribution in [0.5, 0.6) is 0 Å². The third kappa shape index (κ3) is 2.83. The predicted molar refractivity (Wildman–Crippen MR) is 72.2 cm³/mol. The minimum Gasteiger partial charge on any atom is -0.326 e. The number of carbonyl (C=O) groups excluding carboxylic acids is 2. The van der Waals surface area contributed by atoms with Gasteiger partial charge in [0.2, 0.25) is 11.8 Å². The molecule has 1 aliphatic heterocycles. The normalized spacial score (nSPS) is 23.8. The molecule has 0 radical (unpaired) electrons. The van der Waals surface area contributed by atoms with Crippen LogP contribution in [0.2, 0.25) is 0 Å². The number of nitrogens with one attached hydrogen (secondary N) is 1. The monoisotopic (exact) mass is 261 g/mol. The molecule has 5 nitrogen and oxygen atoms in total. The molecule has 5 heteroatoms. The molecule has 3 unspecified atom stereocenters. The van der Waals surface area contributed by atoms with Crippen molar-refractivity contribution in [2.75, 3.05) is 6.54 Å². The molecule has 0 spiro atoms. The Bertz CT molecular complexity index is 473. The Morgan fingerprint density at radius 3 is 2.53 bits per heavy atom. The van der Waals surface area contributed by atoms with Gasteiger partial charge < -0.3 is 5.73 Å². The Morgan fingerprint density at radius 2 is 1.95 bits per heavy atom. The Kier molecular flexibility index (Phi) is 3.97. The summed E-state index contributed by atoms with van der Waals surface area (Å²) in [5.41, 5.74) is 7.09. The summed E-state index contributed by atoms with van der Waals surface area (Å²) >= 11 is 0. The van der Waals surface area contributed by atoms with Crippen LogP contribution in [0.3, 0.4) is 0 Å². The van der Waals surface area contributed by atoms with Crippen molar-refractivity contribution in [1.82, 2.24) is 10.2 Å². The van der Waals surface area contributed by atoms with Crippen molar-refractivity contribution in [1.29, 1.82) is 0 Å². The van der Waals surface area contributed by atoms with Crippen LogP contribution in [-0.4, -0.2) is 35.3 Å². The number of amides is 2. The van der Waals surface area contributed by atoms with Crippen LogP contribution in [0, 0.1) is 0 Å². The second-order valence-electron chi connectivity index (χ2n) is 4.98. The van der Waals surface area contributed by atoms with E-state index in [-0.39, 0.29) is 36.5 Å². The number of benzene rings is 1. The van der Waals surface area contributed by atoms with Crippen LogP contribution in [0.1, 0.15) is 25.5 Å². The van der Waals surface area contributed by atoms with Crippen molar-refractivity contribution in [2.24, 2.45) is 5.73 Å². The van der Waals surface area contributed by atoms with E-state index in [0.29, 0.717) is 0 Å². The van der Waals surface area contributed by atoms with Gasteiger partial charge in [-0.25, -0.2) is 0 Å². The molecule has 0 aromatic heterocycles. The summed E-state index contributed by atoms with van der Waals surface area (Å²) in [7, 11) is 0. The molecular weight excluding hydrogens is 242 g/mol. The van der Waals surface area contributed by atoms with E-state index in [9.17, 15) is 9.59 Å². The quantitative estimate of drug-likeness (QED) is 0.773. The van der Waals surface area contributed by atoms with Crippen LogP contribution < -0.4 is 11.1 Å². The summed E-state index contributed by atoms with van der Waals surface area (Å²) in [6.07, 6.45) is 0. The van der Waals surface area contributed by atoms with Gasteiger partial charge in [-0.3, -0.25) is 19.8 Å². The van der Waals surface area contributed by atoms with E-state index in [2.05, 4.69) is 5.32 Å². The van der Waals surface area contributed by atoms with Crippen molar-refractivity contribution < 1.29 is 9.59 Å². The van der Waals surface area contributed by atoms with E-state index in [0.717, 1.165) is 5.56 Å². The lowest BCUT2D eigenvalue weighted by atomic mass is 9.96. The number of piperazine rings is 1. The highest BCUT2D eigenvalue weighted by atomic mass is 16.2. The maximum Gasteiger partial charge on any atom is 0.243 e. The van der Waals surface area contributed by atoms with Crippen LogP contribution in [0.15, 0.2) is 30.3 Å². The summed E-state index contributed by atoms with van der Waals surface area (Å²) in [5.74, 6) is -0.539. The van der Waals surface area contributed by atoms with Gasteiger partial charge in [-0.15, -0.1) is 0 Å². The third-order valence-electron chi connectivity index (χ3n) is 3.46. The van der Waals surface area contributed by atoms with Gasteiger partial charge in [0, 0.05) is 6.04 Å². The van der Waals surface area contributed by atoms with Gasteiger partial charge in [0.25, 0.3) is 0 Å². The van der Waals surface area contributed by atoms with Gasteiger partial charge in [-0.1, -0.05) is 30.3 Å². The Balaban J connectivity index is 2.33. The molecule has 2 amide bonds. The van der Waals surface area contributed by atoms with E-state index >= 15 is 0 Å². The summed E-state index contributed by atoms with van der Waals surface area (Å²) in [5, 5.41) is 2.34. The zero-order chi connectivity index (χ0) is 14.0. The van der Waals surface area contributed by atoms with E-state index < -0.39 is 0 Å². The molecule has 1 saturated heterocycles. The predicted octanol–water partition coefficient (Wildman–Crippen LogP) is 0.422. The van der Waals surface area contributed by atoms with E-state index in [1.54, 1.807) is 6.92 Å². The first-order valence-electron chi connectivity index (χ1n) is 6.40. The zero-order valence-electron chi connectivity index (χ0n) is 11.2. The number of rotatable bonds is 3. The Morgan fingerprint density at radius 1 is 1.32 bits per heavy atom. The zero-order valence-corrected chi connectivity index (χ0v) is 11.2. The highest BCUT2D eigenvalue weighted by molar-refractivity contribution is 6.00. The summed E-state index contributed by atoms with van der Waals surface area (Å²) in [6.45, 7) is 3.87. The first-order valence-corrected chi connectivity index (χ1v) is 6.40. The minimum atomic E-state index is -0.367. The topological polar surface area (TPSA) is 75.4 Å². The molecule has 3 N–H and O–H groups in total. The number of hydrogen-bond acceptors (Lipinski definition) is 4. The van der Waals surface area contributed by atoms with Crippen LogP contribution in [0.4, 0.5) is 0 Å². The molecule has 1 aromatic carbocycles. The van der Waals surface area contributed by atoms with Crippen molar-refractivity contribution in [3.63, 3.8) is 0 Å². The molecule has 1 heterocycles. The van der Waals surface area contributed by atoms with Gasteiger partial charge >= 0.3 is 0 Å². The maximum atomic E-state index is 11.8. The maximum absolute atomic E-state index is 11.8. The molecule has 19 heavy (non-hydrogen) atoms. The lowest BCUT2D eigenvalue weighted by Gasteiger charge is -2.40. The number of nitrogens with zero attached hydrogens (tertiary/aromatic N) is 1. The average molecular weight is 261 g/mol. The fourth-order valence-electron chi connectivity index (χ4n) is 2.52. The fourth-order valence-corrected chi connectivity index (χ4v) is 2.52. The van der Waals surface area contributed by atoms with Crippen molar-refractivity contribution in [2.45, 2.75) is 32.0 Å². The molecule has 2 rings (SSSR count). The SMILES string of the molecule is CC(N)C(c1ccccc1)N1CC(=O)NC(=O)C1C. The fraction of sp³-hybridized carbons (Fsp3) is 0.429. The van der Waals surface area contributed by atoms with Gasteiger partial charge in [-0.05, 0) is 19.4 Å². The lowest BCUT2D eigenvalue weighted by Crippen LogP contribution is -2.59. The molecule has 0 saturated carbocycles. The molecule has 0 bridgehead atoms. The van der Waals surface area contributed by atoms with Gasteiger partial charge in [0.1, 0.15) is 0 Å². The Labute approximate surface area is 112 Å². The summed E-state index contributed by atoms with van der Waals surface area (Å²) < 4.78 is 0. The summed E-state index contributed by atoms with van der Waals surface area (Å²) in [4.78, 5) is 25.2. The standard InChI is InChI=1S/C14H19N3O2/c1-9(15)13(11-6-4-3-5-7-11)17-8-12(18)16-14(19)10(17)2/h3-7,9-10,13H,8,15H2,1-2H3,(H,16,18,19). The molecule has 102 valence electrons. The molecule has 1 aromatic rings. The van der Waals surface area contributed by atoms with Crippen LogP contribution >= 0.6 is 0 Å². The average Bonchev–Trinajstić information content (AvgIpc) is 2.36. The highest BCUT2D eigenvalue weighted by Crippen LogP contribution is 2.26. The van der Waals surface area contributed by atoms with Gasteiger partial charge in [0.05, 0.1) is 18.6 Å². The van der Waals surface area contributed by atoms with Crippen LogP contribution in [0.25, 0.3) is 0 Å². The first-order chi connectivity index (χ1) is 9.00. The summed E-state index contributed by atoms with van der Waals surface area (Å²) in [6, 6.07) is 9.04. The van der Waals surface area contributed by atoms with Gasteiger partial charge in [-0.2, -0.15) is 0 Å². The second-order valence-corrected chi connectivity index (χ2v) is 4.98. The second kappa shape index (κ2) is 5.50. The molecule has 0 aliphatic carbocycles. The van der Waals surface area contributed by atoms with Crippen molar-refractivity contribution in [3.05, 3.63) is 35.9 Å².